The Morgan fingerprint density at radius 2 is 1.75 bits per heavy atom. The van der Waals surface area contributed by atoms with Crippen molar-refractivity contribution in [3.05, 3.63) is 0 Å². The highest BCUT2D eigenvalue weighted by molar-refractivity contribution is 5.79. The molecule has 2 rings (SSSR count). The fourth-order valence-electron chi connectivity index (χ4n) is 3.90. The minimum absolute atomic E-state index is 0.0487. The minimum atomic E-state index is -0.773. The Bertz CT molecular complexity index is 363. The molecule has 0 radical (unpaired) electrons. The van der Waals surface area contributed by atoms with E-state index in [0.717, 1.165) is 32.1 Å². The van der Waals surface area contributed by atoms with Crippen LogP contribution in [0.1, 0.15) is 71.1 Å². The fourth-order valence-corrected chi connectivity index (χ4v) is 3.90. The van der Waals surface area contributed by atoms with Crippen LogP contribution in [-0.4, -0.2) is 22.5 Å². The van der Waals surface area contributed by atoms with Gasteiger partial charge < -0.3 is 10.4 Å². The SMILES string of the molecule is CC1(NC(=O)CC2CCCCC2)CCCCC1C(=O)O. The summed E-state index contributed by atoms with van der Waals surface area (Å²) >= 11 is 0. The Kier molecular flexibility index (Phi) is 5.06. The van der Waals surface area contributed by atoms with Gasteiger partial charge in [-0.2, -0.15) is 0 Å². The maximum absolute atomic E-state index is 12.2. The number of hydrogen-bond donors (Lipinski definition) is 2. The van der Waals surface area contributed by atoms with Gasteiger partial charge in [-0.05, 0) is 38.5 Å². The van der Waals surface area contributed by atoms with Gasteiger partial charge in [-0.3, -0.25) is 9.59 Å². The second-order valence-corrected chi connectivity index (χ2v) is 6.81. The van der Waals surface area contributed by atoms with Crippen molar-refractivity contribution in [2.45, 2.75) is 76.7 Å². The third kappa shape index (κ3) is 3.74. The summed E-state index contributed by atoms with van der Waals surface area (Å²) in [5, 5.41) is 12.4. The zero-order valence-electron chi connectivity index (χ0n) is 12.5. The molecule has 114 valence electrons. The lowest BCUT2D eigenvalue weighted by Crippen LogP contribution is -2.55. The first-order valence-corrected chi connectivity index (χ1v) is 8.05. The first-order valence-electron chi connectivity index (χ1n) is 8.05. The van der Waals surface area contributed by atoms with Gasteiger partial charge in [0.2, 0.25) is 5.91 Å². The van der Waals surface area contributed by atoms with E-state index in [4.69, 9.17) is 0 Å². The molecule has 0 saturated heterocycles. The van der Waals surface area contributed by atoms with Crippen LogP contribution in [0.3, 0.4) is 0 Å². The molecule has 0 aromatic carbocycles. The Morgan fingerprint density at radius 1 is 1.10 bits per heavy atom. The standard InChI is InChI=1S/C16H27NO3/c1-16(10-6-5-9-13(16)15(19)20)17-14(18)11-12-7-3-2-4-8-12/h12-13H,2-11H2,1H3,(H,17,18)(H,19,20). The Balaban J connectivity index is 1.91. The maximum atomic E-state index is 12.2. The van der Waals surface area contributed by atoms with Crippen LogP contribution in [0, 0.1) is 11.8 Å². The predicted molar refractivity (Wildman–Crippen MR) is 77.3 cm³/mol. The van der Waals surface area contributed by atoms with Crippen LogP contribution < -0.4 is 5.32 Å². The highest BCUT2D eigenvalue weighted by atomic mass is 16.4. The molecule has 2 atom stereocenters. The Morgan fingerprint density at radius 3 is 2.40 bits per heavy atom. The summed E-state index contributed by atoms with van der Waals surface area (Å²) in [5.74, 6) is -0.663. The average Bonchev–Trinajstić information content (AvgIpc) is 2.39. The van der Waals surface area contributed by atoms with Crippen LogP contribution in [0.15, 0.2) is 0 Å². The Labute approximate surface area is 121 Å². The van der Waals surface area contributed by atoms with Gasteiger partial charge in [0.05, 0.1) is 11.5 Å². The van der Waals surface area contributed by atoms with Crippen molar-refractivity contribution in [2.24, 2.45) is 11.8 Å². The van der Waals surface area contributed by atoms with Crippen LogP contribution in [-0.2, 0) is 9.59 Å². The van der Waals surface area contributed by atoms with E-state index in [1.165, 1.54) is 19.3 Å². The molecule has 0 aromatic rings. The number of carboxylic acid groups (broad SMARTS) is 1. The molecule has 4 nitrogen and oxygen atoms in total. The van der Waals surface area contributed by atoms with Crippen molar-refractivity contribution < 1.29 is 14.7 Å². The number of carboxylic acids is 1. The molecule has 2 aliphatic rings. The van der Waals surface area contributed by atoms with Gasteiger partial charge in [0.1, 0.15) is 0 Å². The molecule has 0 aromatic heterocycles. The molecule has 2 saturated carbocycles. The van der Waals surface area contributed by atoms with E-state index in [1.807, 2.05) is 6.92 Å². The summed E-state index contributed by atoms with van der Waals surface area (Å²) in [6.45, 7) is 1.91. The van der Waals surface area contributed by atoms with E-state index in [2.05, 4.69) is 5.32 Å². The second-order valence-electron chi connectivity index (χ2n) is 6.81. The zero-order valence-corrected chi connectivity index (χ0v) is 12.5. The summed E-state index contributed by atoms with van der Waals surface area (Å²) in [6, 6.07) is 0. The molecule has 2 unspecified atom stereocenters. The summed E-state index contributed by atoms with van der Waals surface area (Å²) in [4.78, 5) is 23.6. The van der Waals surface area contributed by atoms with E-state index in [1.54, 1.807) is 0 Å². The van der Waals surface area contributed by atoms with Crippen molar-refractivity contribution in [1.29, 1.82) is 0 Å². The number of aliphatic carboxylic acids is 1. The first kappa shape index (κ1) is 15.3. The second kappa shape index (κ2) is 6.59. The number of rotatable bonds is 4. The summed E-state index contributed by atoms with van der Waals surface area (Å²) < 4.78 is 0. The number of nitrogens with one attached hydrogen (secondary N) is 1. The van der Waals surface area contributed by atoms with Gasteiger partial charge in [0, 0.05) is 6.42 Å². The normalized spacial score (nSPS) is 31.8. The summed E-state index contributed by atoms with van der Waals surface area (Å²) in [6.07, 6.45) is 10.0. The summed E-state index contributed by atoms with van der Waals surface area (Å²) in [5.41, 5.74) is -0.560. The minimum Gasteiger partial charge on any atom is -0.481 e. The molecule has 0 aliphatic heterocycles. The van der Waals surface area contributed by atoms with E-state index in [0.29, 0.717) is 18.8 Å². The van der Waals surface area contributed by atoms with E-state index >= 15 is 0 Å². The van der Waals surface area contributed by atoms with Gasteiger partial charge >= 0.3 is 5.97 Å². The highest BCUT2D eigenvalue weighted by Gasteiger charge is 2.42. The van der Waals surface area contributed by atoms with Crippen molar-refractivity contribution >= 4 is 11.9 Å². The number of amides is 1. The van der Waals surface area contributed by atoms with Gasteiger partial charge in [0.15, 0.2) is 0 Å². The van der Waals surface area contributed by atoms with Crippen molar-refractivity contribution in [2.75, 3.05) is 0 Å². The third-order valence-corrected chi connectivity index (χ3v) is 5.13. The quantitative estimate of drug-likeness (QED) is 0.832. The molecule has 1 amide bonds. The summed E-state index contributed by atoms with van der Waals surface area (Å²) in [7, 11) is 0. The number of carbonyl (C=O) groups excluding carboxylic acids is 1. The topological polar surface area (TPSA) is 66.4 Å². The largest absolute Gasteiger partial charge is 0.481 e. The molecule has 2 fully saturated rings. The molecule has 0 bridgehead atoms. The highest BCUT2D eigenvalue weighted by Crippen LogP contribution is 2.34. The lowest BCUT2D eigenvalue weighted by molar-refractivity contribution is -0.146. The molecule has 2 N–H and O–H groups in total. The molecule has 0 heterocycles. The van der Waals surface area contributed by atoms with E-state index in [9.17, 15) is 14.7 Å². The van der Waals surface area contributed by atoms with Crippen LogP contribution in [0.2, 0.25) is 0 Å². The van der Waals surface area contributed by atoms with Crippen LogP contribution >= 0.6 is 0 Å². The lowest BCUT2D eigenvalue weighted by Gasteiger charge is -2.40. The van der Waals surface area contributed by atoms with Crippen molar-refractivity contribution in [3.8, 4) is 0 Å². The maximum Gasteiger partial charge on any atom is 0.308 e. The zero-order chi connectivity index (χ0) is 14.6. The third-order valence-electron chi connectivity index (χ3n) is 5.13. The lowest BCUT2D eigenvalue weighted by atomic mass is 9.73. The number of carbonyl (C=O) groups is 2. The van der Waals surface area contributed by atoms with E-state index in [-0.39, 0.29) is 5.91 Å². The van der Waals surface area contributed by atoms with E-state index < -0.39 is 17.4 Å². The molecule has 20 heavy (non-hydrogen) atoms. The number of hydrogen-bond acceptors (Lipinski definition) is 2. The molecule has 2 aliphatic carbocycles. The van der Waals surface area contributed by atoms with Crippen molar-refractivity contribution in [1.82, 2.24) is 5.32 Å². The molecular weight excluding hydrogens is 254 g/mol. The van der Waals surface area contributed by atoms with Gasteiger partial charge in [0.25, 0.3) is 0 Å². The smallest absolute Gasteiger partial charge is 0.308 e. The fraction of sp³-hybridized carbons (Fsp3) is 0.875. The van der Waals surface area contributed by atoms with Gasteiger partial charge in [-0.15, -0.1) is 0 Å². The van der Waals surface area contributed by atoms with Gasteiger partial charge in [-0.1, -0.05) is 32.1 Å². The molecule has 0 spiro atoms. The van der Waals surface area contributed by atoms with Gasteiger partial charge in [-0.25, -0.2) is 0 Å². The molecular formula is C16H27NO3. The monoisotopic (exact) mass is 281 g/mol. The molecule has 4 heteroatoms. The van der Waals surface area contributed by atoms with Crippen LogP contribution in [0.5, 0.6) is 0 Å². The Hall–Kier alpha value is -1.06. The van der Waals surface area contributed by atoms with Crippen molar-refractivity contribution in [3.63, 3.8) is 0 Å². The van der Waals surface area contributed by atoms with Crippen LogP contribution in [0.4, 0.5) is 0 Å². The van der Waals surface area contributed by atoms with Crippen LogP contribution in [0.25, 0.3) is 0 Å². The predicted octanol–water partition coefficient (Wildman–Crippen LogP) is 3.11. The first-order chi connectivity index (χ1) is 9.51. The average molecular weight is 281 g/mol.